The third-order valence-corrected chi connectivity index (χ3v) is 2.66. The molecule has 0 saturated heterocycles. The van der Waals surface area contributed by atoms with Crippen molar-refractivity contribution < 1.29 is 14.6 Å². The van der Waals surface area contributed by atoms with Crippen LogP contribution in [0.4, 0.5) is 0 Å². The van der Waals surface area contributed by atoms with Gasteiger partial charge in [-0.15, -0.1) is 0 Å². The van der Waals surface area contributed by atoms with Crippen molar-refractivity contribution in [1.29, 1.82) is 0 Å². The average Bonchev–Trinajstić information content (AvgIpc) is 2.29. The van der Waals surface area contributed by atoms with Crippen LogP contribution in [-0.2, 0) is 4.74 Å². The third-order valence-electron chi connectivity index (χ3n) is 2.66. The minimum Gasteiger partial charge on any atom is -0.497 e. The Morgan fingerprint density at radius 2 is 2.07 bits per heavy atom. The normalized spacial score (nSPS) is 23.7. The van der Waals surface area contributed by atoms with E-state index < -0.39 is 6.10 Å². The second-order valence-electron chi connectivity index (χ2n) is 3.50. The summed E-state index contributed by atoms with van der Waals surface area (Å²) in [7, 11) is 3.22. The molecule has 15 heavy (non-hydrogen) atoms. The van der Waals surface area contributed by atoms with Gasteiger partial charge in [-0.25, -0.2) is 0 Å². The van der Waals surface area contributed by atoms with E-state index in [1.807, 2.05) is 30.4 Å². The predicted molar refractivity (Wildman–Crippen MR) is 57.8 cm³/mol. The van der Waals surface area contributed by atoms with Crippen LogP contribution in [0.3, 0.4) is 0 Å². The zero-order valence-electron chi connectivity index (χ0n) is 8.81. The van der Waals surface area contributed by atoms with Gasteiger partial charge >= 0.3 is 0 Å². The minimum absolute atomic E-state index is 0.258. The number of hydrogen-bond acceptors (Lipinski definition) is 3. The summed E-state index contributed by atoms with van der Waals surface area (Å²) in [6.07, 6.45) is 2.94. The molecule has 2 rings (SSSR count). The summed E-state index contributed by atoms with van der Waals surface area (Å²) in [6, 6.07) is 5.61. The van der Waals surface area contributed by atoms with E-state index in [2.05, 4.69) is 0 Å². The molecule has 1 aliphatic rings. The van der Waals surface area contributed by atoms with Crippen molar-refractivity contribution in [2.75, 3.05) is 14.2 Å². The summed E-state index contributed by atoms with van der Waals surface area (Å²) >= 11 is 0. The standard InChI is InChI=1S/C12H14O3/c1-14-9-4-5-10-8(7-9)3-6-11(15-2)12(10)13/h3-7,11-13H,1-2H3/t11-,12-/m0/s1. The fraction of sp³-hybridized carbons (Fsp3) is 0.333. The summed E-state index contributed by atoms with van der Waals surface area (Å²) in [6.45, 7) is 0. The van der Waals surface area contributed by atoms with Crippen molar-refractivity contribution in [1.82, 2.24) is 0 Å². The van der Waals surface area contributed by atoms with E-state index in [0.29, 0.717) is 0 Å². The van der Waals surface area contributed by atoms with Crippen LogP contribution in [0, 0.1) is 0 Å². The molecule has 1 N–H and O–H groups in total. The molecule has 0 aromatic heterocycles. The Balaban J connectivity index is 2.40. The van der Waals surface area contributed by atoms with E-state index in [1.54, 1.807) is 14.2 Å². The number of aliphatic hydroxyl groups excluding tert-OH is 1. The average molecular weight is 206 g/mol. The van der Waals surface area contributed by atoms with E-state index in [1.165, 1.54) is 0 Å². The third kappa shape index (κ3) is 1.76. The van der Waals surface area contributed by atoms with E-state index >= 15 is 0 Å². The number of benzene rings is 1. The van der Waals surface area contributed by atoms with Gasteiger partial charge in [-0.2, -0.15) is 0 Å². The highest BCUT2D eigenvalue weighted by Gasteiger charge is 2.23. The van der Waals surface area contributed by atoms with Crippen molar-refractivity contribution in [2.24, 2.45) is 0 Å². The molecule has 1 aliphatic carbocycles. The lowest BCUT2D eigenvalue weighted by Gasteiger charge is -2.24. The number of fused-ring (bicyclic) bond motifs is 1. The van der Waals surface area contributed by atoms with E-state index in [4.69, 9.17) is 9.47 Å². The molecule has 3 heteroatoms. The number of ether oxygens (including phenoxy) is 2. The maximum Gasteiger partial charge on any atom is 0.119 e. The molecule has 2 atom stereocenters. The number of rotatable bonds is 2. The van der Waals surface area contributed by atoms with Gasteiger partial charge in [0.05, 0.1) is 7.11 Å². The molecule has 80 valence electrons. The van der Waals surface area contributed by atoms with Gasteiger partial charge in [0.15, 0.2) is 0 Å². The second kappa shape index (κ2) is 4.04. The maximum atomic E-state index is 9.97. The zero-order chi connectivity index (χ0) is 10.8. The zero-order valence-corrected chi connectivity index (χ0v) is 8.81. The summed E-state index contributed by atoms with van der Waals surface area (Å²) < 4.78 is 10.3. The van der Waals surface area contributed by atoms with Crippen LogP contribution in [0.5, 0.6) is 5.75 Å². The van der Waals surface area contributed by atoms with Gasteiger partial charge in [-0.05, 0) is 23.3 Å². The van der Waals surface area contributed by atoms with Crippen molar-refractivity contribution in [3.63, 3.8) is 0 Å². The van der Waals surface area contributed by atoms with Crippen molar-refractivity contribution in [3.8, 4) is 5.75 Å². The van der Waals surface area contributed by atoms with Gasteiger partial charge in [0, 0.05) is 7.11 Å². The molecule has 0 fully saturated rings. The molecule has 0 aliphatic heterocycles. The quantitative estimate of drug-likeness (QED) is 0.801. The first kappa shape index (κ1) is 10.2. The van der Waals surface area contributed by atoms with Gasteiger partial charge in [0.2, 0.25) is 0 Å². The summed E-state index contributed by atoms with van der Waals surface area (Å²) in [5, 5.41) is 9.97. The maximum absolute atomic E-state index is 9.97. The highest BCUT2D eigenvalue weighted by Crippen LogP contribution is 2.31. The first-order valence-corrected chi connectivity index (χ1v) is 4.83. The van der Waals surface area contributed by atoms with Crippen LogP contribution < -0.4 is 4.74 Å². The lowest BCUT2D eigenvalue weighted by atomic mass is 9.93. The van der Waals surface area contributed by atoms with E-state index in [-0.39, 0.29) is 6.10 Å². The molecule has 3 nitrogen and oxygen atoms in total. The molecular weight excluding hydrogens is 192 g/mol. The highest BCUT2D eigenvalue weighted by atomic mass is 16.5. The number of aliphatic hydroxyl groups is 1. The van der Waals surface area contributed by atoms with Crippen LogP contribution in [0.25, 0.3) is 6.08 Å². The van der Waals surface area contributed by atoms with Crippen molar-refractivity contribution >= 4 is 6.08 Å². The van der Waals surface area contributed by atoms with Gasteiger partial charge in [0.25, 0.3) is 0 Å². The first-order chi connectivity index (χ1) is 7.26. The largest absolute Gasteiger partial charge is 0.497 e. The fourth-order valence-corrected chi connectivity index (χ4v) is 1.78. The van der Waals surface area contributed by atoms with Crippen LogP contribution in [0.1, 0.15) is 17.2 Å². The Hall–Kier alpha value is -1.32. The molecule has 0 amide bonds. The number of methoxy groups -OCH3 is 2. The first-order valence-electron chi connectivity index (χ1n) is 4.83. The lowest BCUT2D eigenvalue weighted by Crippen LogP contribution is -2.21. The molecule has 0 bridgehead atoms. The van der Waals surface area contributed by atoms with Crippen LogP contribution >= 0.6 is 0 Å². The van der Waals surface area contributed by atoms with Crippen LogP contribution in [0.2, 0.25) is 0 Å². The molecule has 0 heterocycles. The predicted octanol–water partition coefficient (Wildman–Crippen LogP) is 1.77. The summed E-state index contributed by atoms with van der Waals surface area (Å²) in [4.78, 5) is 0. The molecule has 1 aromatic rings. The summed E-state index contributed by atoms with van der Waals surface area (Å²) in [5.41, 5.74) is 1.86. The monoisotopic (exact) mass is 206 g/mol. The molecule has 0 spiro atoms. The smallest absolute Gasteiger partial charge is 0.119 e. The van der Waals surface area contributed by atoms with Gasteiger partial charge in [-0.3, -0.25) is 0 Å². The van der Waals surface area contributed by atoms with Crippen LogP contribution in [-0.4, -0.2) is 25.4 Å². The molecule has 0 saturated carbocycles. The Bertz CT molecular complexity index is 384. The SMILES string of the molecule is COc1ccc2c(c1)C=C[C@H](OC)[C@H]2O. The minimum atomic E-state index is -0.596. The van der Waals surface area contributed by atoms with Crippen molar-refractivity contribution in [3.05, 3.63) is 35.4 Å². The lowest BCUT2D eigenvalue weighted by molar-refractivity contribution is 0.0150. The summed E-state index contributed by atoms with van der Waals surface area (Å²) in [5.74, 6) is 0.793. The Kier molecular flexibility index (Phi) is 2.75. The fourth-order valence-electron chi connectivity index (χ4n) is 1.78. The van der Waals surface area contributed by atoms with Gasteiger partial charge in [-0.1, -0.05) is 18.2 Å². The Morgan fingerprint density at radius 1 is 1.27 bits per heavy atom. The molecule has 0 unspecified atom stereocenters. The van der Waals surface area contributed by atoms with Gasteiger partial charge in [0.1, 0.15) is 18.0 Å². The molecule has 0 radical (unpaired) electrons. The topological polar surface area (TPSA) is 38.7 Å². The second-order valence-corrected chi connectivity index (χ2v) is 3.50. The molecule has 1 aromatic carbocycles. The van der Waals surface area contributed by atoms with Crippen molar-refractivity contribution in [2.45, 2.75) is 12.2 Å². The van der Waals surface area contributed by atoms with E-state index in [9.17, 15) is 5.11 Å². The van der Waals surface area contributed by atoms with Gasteiger partial charge < -0.3 is 14.6 Å². The van der Waals surface area contributed by atoms with Crippen LogP contribution in [0.15, 0.2) is 24.3 Å². The Labute approximate surface area is 88.9 Å². The highest BCUT2D eigenvalue weighted by molar-refractivity contribution is 5.60. The molecular formula is C12H14O3. The number of hydrogen-bond donors (Lipinski definition) is 1. The Morgan fingerprint density at radius 3 is 2.73 bits per heavy atom. The van der Waals surface area contributed by atoms with E-state index in [0.717, 1.165) is 16.9 Å².